The normalized spacial score (nSPS) is 11.7. The van der Waals surface area contributed by atoms with Crippen molar-refractivity contribution in [3.05, 3.63) is 28.5 Å². The minimum Gasteiger partial charge on any atom is -0.490 e. The van der Waals surface area contributed by atoms with Crippen LogP contribution < -0.4 is 10.1 Å². The Balaban J connectivity index is 2.06. The topological polar surface area (TPSA) is 21.3 Å². The lowest BCUT2D eigenvalue weighted by atomic mass is 10.1. The molecule has 0 unspecified atom stereocenters. The highest BCUT2D eigenvalue weighted by atomic mass is 79.9. The van der Waals surface area contributed by atoms with Gasteiger partial charge in [-0.25, -0.2) is 4.39 Å². The fourth-order valence-electron chi connectivity index (χ4n) is 1.81. The van der Waals surface area contributed by atoms with Crippen LogP contribution in [0.3, 0.4) is 0 Å². The quantitative estimate of drug-likeness (QED) is 0.675. The maximum atomic E-state index is 13.4. The lowest BCUT2D eigenvalue weighted by Crippen LogP contribution is -2.36. The van der Waals surface area contributed by atoms with Gasteiger partial charge in [-0.3, -0.25) is 0 Å². The molecule has 1 aromatic rings. The first-order valence-electron chi connectivity index (χ1n) is 7.21. The zero-order valence-corrected chi connectivity index (χ0v) is 14.2. The number of ether oxygens (including phenoxy) is 1. The third kappa shape index (κ3) is 7.85. The molecule has 0 saturated heterocycles. The summed E-state index contributed by atoms with van der Waals surface area (Å²) in [6.07, 6.45) is 4.42. The molecule has 1 rings (SSSR count). The lowest BCUT2D eigenvalue weighted by molar-refractivity contribution is 0.289. The molecular formula is C16H25BrFNO. The molecule has 0 amide bonds. The van der Waals surface area contributed by atoms with Crippen LogP contribution >= 0.6 is 15.9 Å². The number of rotatable bonds is 8. The van der Waals surface area contributed by atoms with Crippen molar-refractivity contribution in [3.8, 4) is 5.75 Å². The predicted octanol–water partition coefficient (Wildman–Crippen LogP) is 4.92. The second kappa shape index (κ2) is 8.63. The van der Waals surface area contributed by atoms with Crippen LogP contribution in [0.1, 0.15) is 46.5 Å². The number of hydrogen-bond acceptors (Lipinski definition) is 2. The molecule has 0 bridgehead atoms. The highest BCUT2D eigenvalue weighted by Gasteiger charge is 2.07. The van der Waals surface area contributed by atoms with Crippen molar-refractivity contribution < 1.29 is 9.13 Å². The minimum absolute atomic E-state index is 0.196. The Hall–Kier alpha value is -0.610. The highest BCUT2D eigenvalue weighted by molar-refractivity contribution is 9.10. The van der Waals surface area contributed by atoms with E-state index in [-0.39, 0.29) is 11.4 Å². The van der Waals surface area contributed by atoms with E-state index in [2.05, 4.69) is 42.0 Å². The van der Waals surface area contributed by atoms with Gasteiger partial charge in [-0.2, -0.15) is 0 Å². The second-order valence-electron chi connectivity index (χ2n) is 6.01. The van der Waals surface area contributed by atoms with Crippen molar-refractivity contribution in [1.82, 2.24) is 5.32 Å². The Kier molecular flexibility index (Phi) is 7.52. The van der Waals surface area contributed by atoms with Gasteiger partial charge < -0.3 is 10.1 Å². The van der Waals surface area contributed by atoms with Gasteiger partial charge in [0.15, 0.2) is 11.6 Å². The molecule has 0 saturated carbocycles. The van der Waals surface area contributed by atoms with Gasteiger partial charge in [0, 0.05) is 10.0 Å². The van der Waals surface area contributed by atoms with Crippen LogP contribution in [0, 0.1) is 5.82 Å². The number of unbranched alkanes of at least 4 members (excludes halogenated alkanes) is 3. The van der Waals surface area contributed by atoms with E-state index < -0.39 is 0 Å². The Morgan fingerprint density at radius 1 is 1.15 bits per heavy atom. The van der Waals surface area contributed by atoms with Crippen LogP contribution in [0.2, 0.25) is 0 Å². The molecule has 0 radical (unpaired) electrons. The second-order valence-corrected chi connectivity index (χ2v) is 6.93. The summed E-state index contributed by atoms with van der Waals surface area (Å²) >= 11 is 3.31. The standard InChI is InChI=1S/C16H25BrFNO/c1-16(2,3)19-10-6-4-5-7-11-20-15-12-13(17)8-9-14(15)18/h8-9,12,19H,4-7,10-11H2,1-3H3. The molecule has 0 fully saturated rings. The summed E-state index contributed by atoms with van der Waals surface area (Å²) in [4.78, 5) is 0. The van der Waals surface area contributed by atoms with Crippen molar-refractivity contribution in [2.24, 2.45) is 0 Å². The van der Waals surface area contributed by atoms with E-state index in [1.54, 1.807) is 12.1 Å². The van der Waals surface area contributed by atoms with Crippen LogP contribution in [-0.4, -0.2) is 18.7 Å². The van der Waals surface area contributed by atoms with Crippen molar-refractivity contribution in [3.63, 3.8) is 0 Å². The van der Waals surface area contributed by atoms with E-state index in [1.165, 1.54) is 18.9 Å². The predicted molar refractivity (Wildman–Crippen MR) is 85.8 cm³/mol. The molecule has 0 spiro atoms. The molecule has 1 aromatic carbocycles. The summed E-state index contributed by atoms with van der Waals surface area (Å²) in [5, 5.41) is 3.47. The Bertz CT molecular complexity index is 404. The van der Waals surface area contributed by atoms with Crippen LogP contribution in [0.25, 0.3) is 0 Å². The molecule has 0 heterocycles. The van der Waals surface area contributed by atoms with Crippen LogP contribution in [-0.2, 0) is 0 Å². The van der Waals surface area contributed by atoms with E-state index in [1.807, 2.05) is 0 Å². The van der Waals surface area contributed by atoms with Crippen molar-refractivity contribution in [2.45, 2.75) is 52.0 Å². The van der Waals surface area contributed by atoms with E-state index in [0.29, 0.717) is 12.4 Å². The van der Waals surface area contributed by atoms with Crippen LogP contribution in [0.15, 0.2) is 22.7 Å². The summed E-state index contributed by atoms with van der Waals surface area (Å²) in [5.41, 5.74) is 0.196. The van der Waals surface area contributed by atoms with Crippen molar-refractivity contribution in [1.29, 1.82) is 0 Å². The number of hydrogen-bond donors (Lipinski definition) is 1. The van der Waals surface area contributed by atoms with Gasteiger partial charge in [0.05, 0.1) is 6.61 Å². The summed E-state index contributed by atoms with van der Waals surface area (Å²) < 4.78 is 19.7. The largest absolute Gasteiger partial charge is 0.490 e. The molecular weight excluding hydrogens is 321 g/mol. The molecule has 0 aliphatic carbocycles. The zero-order valence-electron chi connectivity index (χ0n) is 12.6. The molecule has 0 atom stereocenters. The van der Waals surface area contributed by atoms with Gasteiger partial charge in [-0.15, -0.1) is 0 Å². The molecule has 1 N–H and O–H groups in total. The Morgan fingerprint density at radius 3 is 2.55 bits per heavy atom. The summed E-state index contributed by atoms with van der Waals surface area (Å²) in [6.45, 7) is 8.14. The molecule has 114 valence electrons. The van der Waals surface area contributed by atoms with Gasteiger partial charge in [0.1, 0.15) is 0 Å². The first-order valence-corrected chi connectivity index (χ1v) is 8.01. The van der Waals surface area contributed by atoms with Gasteiger partial charge in [-0.05, 0) is 58.4 Å². The van der Waals surface area contributed by atoms with E-state index in [9.17, 15) is 4.39 Å². The number of benzene rings is 1. The average molecular weight is 346 g/mol. The molecule has 0 aliphatic rings. The van der Waals surface area contributed by atoms with Crippen LogP contribution in [0.5, 0.6) is 5.75 Å². The van der Waals surface area contributed by atoms with E-state index >= 15 is 0 Å². The Morgan fingerprint density at radius 2 is 1.85 bits per heavy atom. The molecule has 20 heavy (non-hydrogen) atoms. The van der Waals surface area contributed by atoms with Crippen molar-refractivity contribution in [2.75, 3.05) is 13.2 Å². The summed E-state index contributed by atoms with van der Waals surface area (Å²) in [5.74, 6) is 0.0244. The molecule has 4 heteroatoms. The van der Waals surface area contributed by atoms with Gasteiger partial charge >= 0.3 is 0 Å². The monoisotopic (exact) mass is 345 g/mol. The fraction of sp³-hybridized carbons (Fsp3) is 0.625. The highest BCUT2D eigenvalue weighted by Crippen LogP contribution is 2.22. The smallest absolute Gasteiger partial charge is 0.165 e. The Labute approximate surface area is 130 Å². The maximum absolute atomic E-state index is 13.4. The van der Waals surface area contributed by atoms with Gasteiger partial charge in [-0.1, -0.05) is 28.8 Å². The fourth-order valence-corrected chi connectivity index (χ4v) is 2.15. The SMILES string of the molecule is CC(C)(C)NCCCCCCOc1cc(Br)ccc1F. The summed E-state index contributed by atoms with van der Waals surface area (Å²) in [6, 6.07) is 4.75. The minimum atomic E-state index is -0.303. The number of halogens is 2. The average Bonchev–Trinajstić information content (AvgIpc) is 2.35. The first-order chi connectivity index (χ1) is 9.38. The lowest BCUT2D eigenvalue weighted by Gasteiger charge is -2.20. The van der Waals surface area contributed by atoms with E-state index in [0.717, 1.165) is 23.9 Å². The third-order valence-corrected chi connectivity index (χ3v) is 3.37. The zero-order chi connectivity index (χ0) is 15.0. The first kappa shape index (κ1) is 17.4. The molecule has 0 aliphatic heterocycles. The molecule has 0 aromatic heterocycles. The number of nitrogens with one attached hydrogen (secondary N) is 1. The van der Waals surface area contributed by atoms with Gasteiger partial charge in [0.25, 0.3) is 0 Å². The molecule has 2 nitrogen and oxygen atoms in total. The third-order valence-electron chi connectivity index (χ3n) is 2.88. The maximum Gasteiger partial charge on any atom is 0.165 e. The van der Waals surface area contributed by atoms with Crippen LogP contribution in [0.4, 0.5) is 4.39 Å². The van der Waals surface area contributed by atoms with E-state index in [4.69, 9.17) is 4.74 Å². The van der Waals surface area contributed by atoms with Crippen molar-refractivity contribution >= 4 is 15.9 Å². The summed E-state index contributed by atoms with van der Waals surface area (Å²) in [7, 11) is 0. The van der Waals surface area contributed by atoms with Gasteiger partial charge in [0.2, 0.25) is 0 Å².